The van der Waals surface area contributed by atoms with Gasteiger partial charge in [0, 0.05) is 25.3 Å². The van der Waals surface area contributed by atoms with Crippen molar-refractivity contribution in [1.82, 2.24) is 0 Å². The summed E-state index contributed by atoms with van der Waals surface area (Å²) in [7, 11) is 3.98. The Balaban J connectivity index is 3.20. The second-order valence-corrected chi connectivity index (χ2v) is 4.04. The van der Waals surface area contributed by atoms with Crippen LogP contribution in [0, 0.1) is 0 Å². The highest BCUT2D eigenvalue weighted by Gasteiger charge is 2.23. The topological polar surface area (TPSA) is 23.5 Å². The zero-order valence-electron chi connectivity index (χ0n) is 9.41. The van der Waals surface area contributed by atoms with Crippen molar-refractivity contribution in [3.05, 3.63) is 29.8 Å². The van der Waals surface area contributed by atoms with E-state index in [1.165, 1.54) is 0 Å². The maximum Gasteiger partial charge on any atom is 0.0885 e. The molecule has 0 saturated heterocycles. The van der Waals surface area contributed by atoms with Crippen LogP contribution >= 0.6 is 0 Å². The van der Waals surface area contributed by atoms with E-state index >= 15 is 0 Å². The second-order valence-electron chi connectivity index (χ2n) is 4.04. The van der Waals surface area contributed by atoms with E-state index in [1.807, 2.05) is 57.1 Å². The molecule has 1 N–H and O–H groups in total. The predicted molar refractivity (Wildman–Crippen MR) is 60.6 cm³/mol. The summed E-state index contributed by atoms with van der Waals surface area (Å²) in [5.41, 5.74) is 1.34. The molecule has 0 aliphatic heterocycles. The highest BCUT2D eigenvalue weighted by atomic mass is 16.3. The van der Waals surface area contributed by atoms with Gasteiger partial charge in [0.15, 0.2) is 0 Å². The summed E-state index contributed by atoms with van der Waals surface area (Å²) in [6.07, 6.45) is 0.720. The maximum atomic E-state index is 10.2. The molecule has 2 heteroatoms. The standard InChI is InChI=1S/C12H19NO/c1-5-12(2,14)10-8-6-7-9-11(10)13(3)4/h6-9,14H,5H2,1-4H3/t12-/m1/s1. The Labute approximate surface area is 86.2 Å². The molecule has 0 heterocycles. The van der Waals surface area contributed by atoms with E-state index in [4.69, 9.17) is 0 Å². The molecular formula is C12H19NO. The van der Waals surface area contributed by atoms with Crippen LogP contribution in [-0.4, -0.2) is 19.2 Å². The average Bonchev–Trinajstić information content (AvgIpc) is 2.18. The van der Waals surface area contributed by atoms with Crippen molar-refractivity contribution >= 4 is 5.69 Å². The smallest absolute Gasteiger partial charge is 0.0885 e. The van der Waals surface area contributed by atoms with Gasteiger partial charge in [0.2, 0.25) is 0 Å². The fraction of sp³-hybridized carbons (Fsp3) is 0.500. The largest absolute Gasteiger partial charge is 0.385 e. The molecule has 0 aliphatic rings. The molecule has 0 radical (unpaired) electrons. The Morgan fingerprint density at radius 2 is 1.86 bits per heavy atom. The van der Waals surface area contributed by atoms with Crippen LogP contribution in [0.1, 0.15) is 25.8 Å². The fourth-order valence-electron chi connectivity index (χ4n) is 1.51. The molecule has 0 aromatic heterocycles. The van der Waals surface area contributed by atoms with E-state index < -0.39 is 5.60 Å². The molecule has 1 aromatic carbocycles. The predicted octanol–water partition coefficient (Wildman–Crippen LogP) is 2.37. The van der Waals surface area contributed by atoms with Gasteiger partial charge in [-0.15, -0.1) is 0 Å². The van der Waals surface area contributed by atoms with Crippen molar-refractivity contribution in [2.45, 2.75) is 25.9 Å². The van der Waals surface area contributed by atoms with E-state index in [-0.39, 0.29) is 0 Å². The molecule has 0 spiro atoms. The highest BCUT2D eigenvalue weighted by molar-refractivity contribution is 5.54. The number of aliphatic hydroxyl groups is 1. The first-order chi connectivity index (χ1) is 6.49. The molecular weight excluding hydrogens is 174 g/mol. The monoisotopic (exact) mass is 193 g/mol. The molecule has 78 valence electrons. The Morgan fingerprint density at radius 3 is 2.36 bits per heavy atom. The van der Waals surface area contributed by atoms with E-state index in [0.717, 1.165) is 17.7 Å². The van der Waals surface area contributed by atoms with E-state index in [0.29, 0.717) is 0 Å². The number of rotatable bonds is 3. The molecule has 0 bridgehead atoms. The molecule has 1 aromatic rings. The van der Waals surface area contributed by atoms with Crippen molar-refractivity contribution < 1.29 is 5.11 Å². The fourth-order valence-corrected chi connectivity index (χ4v) is 1.51. The van der Waals surface area contributed by atoms with Gasteiger partial charge in [0.1, 0.15) is 0 Å². The lowest BCUT2D eigenvalue weighted by atomic mass is 9.91. The van der Waals surface area contributed by atoms with E-state index in [2.05, 4.69) is 0 Å². The van der Waals surface area contributed by atoms with Crippen LogP contribution in [0.2, 0.25) is 0 Å². The van der Waals surface area contributed by atoms with Crippen LogP contribution in [-0.2, 0) is 5.60 Å². The van der Waals surface area contributed by atoms with Crippen LogP contribution in [0.3, 0.4) is 0 Å². The lowest BCUT2D eigenvalue weighted by Crippen LogP contribution is -2.23. The zero-order chi connectivity index (χ0) is 10.8. The Morgan fingerprint density at radius 1 is 1.29 bits per heavy atom. The summed E-state index contributed by atoms with van der Waals surface area (Å²) in [6, 6.07) is 7.97. The third kappa shape index (κ3) is 2.07. The van der Waals surface area contributed by atoms with Gasteiger partial charge in [0.05, 0.1) is 5.60 Å². The van der Waals surface area contributed by atoms with Gasteiger partial charge in [0.25, 0.3) is 0 Å². The SMILES string of the molecule is CC[C@@](C)(O)c1ccccc1N(C)C. The molecule has 0 amide bonds. The van der Waals surface area contributed by atoms with Crippen LogP contribution < -0.4 is 4.90 Å². The maximum absolute atomic E-state index is 10.2. The summed E-state index contributed by atoms with van der Waals surface area (Å²) in [5, 5.41) is 10.2. The van der Waals surface area contributed by atoms with Crippen LogP contribution in [0.15, 0.2) is 24.3 Å². The number of hydrogen-bond donors (Lipinski definition) is 1. The molecule has 1 atom stereocenters. The number of hydrogen-bond acceptors (Lipinski definition) is 2. The lowest BCUT2D eigenvalue weighted by molar-refractivity contribution is 0.0536. The van der Waals surface area contributed by atoms with Crippen molar-refractivity contribution in [3.63, 3.8) is 0 Å². The minimum atomic E-state index is -0.735. The number of anilines is 1. The summed E-state index contributed by atoms with van der Waals surface area (Å²) in [4.78, 5) is 2.03. The zero-order valence-corrected chi connectivity index (χ0v) is 9.41. The van der Waals surface area contributed by atoms with Gasteiger partial charge in [-0.2, -0.15) is 0 Å². The third-order valence-electron chi connectivity index (χ3n) is 2.65. The van der Waals surface area contributed by atoms with Crippen LogP contribution in [0.5, 0.6) is 0 Å². The summed E-state index contributed by atoms with van der Waals surface area (Å²) < 4.78 is 0. The first kappa shape index (κ1) is 11.1. The second kappa shape index (κ2) is 4.01. The number of benzene rings is 1. The lowest BCUT2D eigenvalue weighted by Gasteiger charge is -2.27. The molecule has 1 rings (SSSR count). The van der Waals surface area contributed by atoms with Gasteiger partial charge >= 0.3 is 0 Å². The molecule has 0 saturated carbocycles. The normalized spacial score (nSPS) is 14.9. The quantitative estimate of drug-likeness (QED) is 0.796. The minimum Gasteiger partial charge on any atom is -0.385 e. The number of nitrogens with zero attached hydrogens (tertiary/aromatic N) is 1. The van der Waals surface area contributed by atoms with Gasteiger partial charge in [-0.1, -0.05) is 25.1 Å². The third-order valence-corrected chi connectivity index (χ3v) is 2.65. The van der Waals surface area contributed by atoms with Gasteiger partial charge in [-0.3, -0.25) is 0 Å². The average molecular weight is 193 g/mol. The Kier molecular flexibility index (Phi) is 3.17. The molecule has 14 heavy (non-hydrogen) atoms. The van der Waals surface area contributed by atoms with Crippen molar-refractivity contribution in [2.75, 3.05) is 19.0 Å². The first-order valence-corrected chi connectivity index (χ1v) is 4.98. The van der Waals surface area contributed by atoms with E-state index in [9.17, 15) is 5.11 Å². The van der Waals surface area contributed by atoms with Gasteiger partial charge in [-0.05, 0) is 19.4 Å². The summed E-state index contributed by atoms with van der Waals surface area (Å²) in [5.74, 6) is 0. The Bertz CT molecular complexity index is 305. The van der Waals surface area contributed by atoms with Gasteiger partial charge in [-0.25, -0.2) is 0 Å². The Hall–Kier alpha value is -1.02. The molecule has 0 aliphatic carbocycles. The summed E-state index contributed by atoms with van der Waals surface area (Å²) in [6.45, 7) is 3.85. The van der Waals surface area contributed by atoms with E-state index in [1.54, 1.807) is 0 Å². The van der Waals surface area contributed by atoms with Gasteiger partial charge < -0.3 is 10.0 Å². The molecule has 0 fully saturated rings. The van der Waals surface area contributed by atoms with Crippen molar-refractivity contribution in [1.29, 1.82) is 0 Å². The minimum absolute atomic E-state index is 0.720. The van der Waals surface area contributed by atoms with Crippen LogP contribution in [0.25, 0.3) is 0 Å². The number of para-hydroxylation sites is 1. The first-order valence-electron chi connectivity index (χ1n) is 4.98. The van der Waals surface area contributed by atoms with Crippen molar-refractivity contribution in [2.24, 2.45) is 0 Å². The highest BCUT2D eigenvalue weighted by Crippen LogP contribution is 2.31. The van der Waals surface area contributed by atoms with Crippen LogP contribution in [0.4, 0.5) is 5.69 Å². The van der Waals surface area contributed by atoms with Crippen molar-refractivity contribution in [3.8, 4) is 0 Å². The molecule has 0 unspecified atom stereocenters. The summed E-state index contributed by atoms with van der Waals surface area (Å²) >= 11 is 0. The molecule has 2 nitrogen and oxygen atoms in total.